The fraction of sp³-hybridized carbons (Fsp3) is 0.357. The Bertz CT molecular complexity index is 538. The van der Waals surface area contributed by atoms with Gasteiger partial charge in [-0.15, -0.1) is 0 Å². The van der Waals surface area contributed by atoms with E-state index in [1.54, 1.807) is 26.2 Å². The number of halogens is 1. The lowest BCUT2D eigenvalue weighted by Gasteiger charge is -2.28. The lowest BCUT2D eigenvalue weighted by molar-refractivity contribution is 0.0909. The van der Waals surface area contributed by atoms with E-state index >= 15 is 0 Å². The monoisotopic (exact) mass is 294 g/mol. The second-order valence-electron chi connectivity index (χ2n) is 4.52. The van der Waals surface area contributed by atoms with E-state index in [1.165, 1.54) is 6.20 Å². The van der Waals surface area contributed by atoms with Crippen molar-refractivity contribution in [2.24, 2.45) is 0 Å². The molecule has 0 aliphatic carbocycles. The largest absolute Gasteiger partial charge is 0.365 e. The number of carbonyl (C=O) groups excluding carboxylic acids is 1. The van der Waals surface area contributed by atoms with Crippen LogP contribution in [0.25, 0.3) is 0 Å². The Morgan fingerprint density at radius 1 is 1.40 bits per heavy atom. The number of hydrogen-bond donors (Lipinski definition) is 2. The smallest absolute Gasteiger partial charge is 0.273 e. The maximum atomic E-state index is 12.3. The fourth-order valence-electron chi connectivity index (χ4n) is 1.63. The number of carbonyl (C=O) groups is 1. The van der Waals surface area contributed by atoms with Crippen LogP contribution < -0.4 is 10.6 Å². The highest BCUT2D eigenvalue weighted by Gasteiger charge is 2.23. The van der Waals surface area contributed by atoms with Crippen molar-refractivity contribution in [3.8, 4) is 0 Å². The minimum absolute atomic E-state index is 0.302. The van der Waals surface area contributed by atoms with E-state index in [0.29, 0.717) is 16.4 Å². The maximum absolute atomic E-state index is 12.3. The molecule has 1 atom stereocenters. The molecule has 0 aromatic carbocycles. The number of nitrogens with one attached hydrogen (secondary N) is 2. The molecule has 1 amide bonds. The Labute approximate surface area is 124 Å². The van der Waals surface area contributed by atoms with Crippen LogP contribution in [0.2, 0.25) is 0 Å². The Balaban J connectivity index is 2.93. The molecular weight excluding hydrogens is 276 g/mol. The molecule has 0 spiro atoms. The minimum Gasteiger partial charge on any atom is -0.365 e. The molecule has 2 N–H and O–H groups in total. The molecule has 5 nitrogen and oxygen atoms in total. The Hall–Kier alpha value is -1.88. The summed E-state index contributed by atoms with van der Waals surface area (Å²) in [6.45, 7) is 7.19. The van der Waals surface area contributed by atoms with E-state index in [-0.39, 0.29) is 5.91 Å². The summed E-state index contributed by atoms with van der Waals surface area (Å²) in [7, 11) is 0. The highest BCUT2D eigenvalue weighted by atomic mass is 35.5. The fourth-order valence-corrected chi connectivity index (χ4v) is 1.69. The summed E-state index contributed by atoms with van der Waals surface area (Å²) in [6.07, 6.45) is 8.34. The molecule has 0 aliphatic rings. The number of nitrogens with zero attached hydrogens (tertiary/aromatic N) is 2. The van der Waals surface area contributed by atoms with Crippen LogP contribution in [-0.2, 0) is 0 Å². The van der Waals surface area contributed by atoms with Gasteiger partial charge in [0.2, 0.25) is 0 Å². The summed E-state index contributed by atoms with van der Waals surface area (Å²) in [5, 5.41) is 6.51. The van der Waals surface area contributed by atoms with Crippen LogP contribution >= 0.6 is 11.6 Å². The standard InChI is InChI=1S/C14H19ClN4O/c1-5-6-14(4,18-9-10(2)15)19-13(20)12-11(3)16-7-8-17-12/h5-9,18H,1-4H3,(H,19,20)/b6-5-,10-9+. The molecule has 6 heteroatoms. The number of aromatic nitrogens is 2. The van der Waals surface area contributed by atoms with Crippen LogP contribution in [0.3, 0.4) is 0 Å². The quantitative estimate of drug-likeness (QED) is 0.647. The molecule has 1 aromatic heterocycles. The summed E-state index contributed by atoms with van der Waals surface area (Å²) in [4.78, 5) is 20.4. The summed E-state index contributed by atoms with van der Waals surface area (Å²) in [5.41, 5.74) is 0.125. The minimum atomic E-state index is -0.758. The molecule has 1 unspecified atom stereocenters. The zero-order valence-electron chi connectivity index (χ0n) is 12.1. The highest BCUT2D eigenvalue weighted by molar-refractivity contribution is 6.29. The van der Waals surface area contributed by atoms with Crippen LogP contribution in [0.5, 0.6) is 0 Å². The van der Waals surface area contributed by atoms with Gasteiger partial charge in [0, 0.05) is 23.6 Å². The average molecular weight is 295 g/mol. The molecule has 1 aromatic rings. The van der Waals surface area contributed by atoms with Gasteiger partial charge in [0.15, 0.2) is 0 Å². The van der Waals surface area contributed by atoms with Gasteiger partial charge in [-0.25, -0.2) is 4.98 Å². The lowest BCUT2D eigenvalue weighted by atomic mass is 10.1. The van der Waals surface area contributed by atoms with Crippen molar-refractivity contribution in [3.63, 3.8) is 0 Å². The molecule has 0 radical (unpaired) electrons. The van der Waals surface area contributed by atoms with Crippen LogP contribution in [0, 0.1) is 6.92 Å². The molecule has 0 saturated heterocycles. The lowest BCUT2D eigenvalue weighted by Crippen LogP contribution is -2.53. The number of allylic oxidation sites excluding steroid dienone is 2. The van der Waals surface area contributed by atoms with Gasteiger partial charge in [-0.3, -0.25) is 9.78 Å². The predicted molar refractivity (Wildman–Crippen MR) is 80.2 cm³/mol. The topological polar surface area (TPSA) is 66.9 Å². The third-order valence-corrected chi connectivity index (χ3v) is 2.65. The van der Waals surface area contributed by atoms with E-state index in [2.05, 4.69) is 20.6 Å². The second-order valence-corrected chi connectivity index (χ2v) is 5.12. The van der Waals surface area contributed by atoms with Crippen LogP contribution in [0.1, 0.15) is 37.0 Å². The first-order valence-corrected chi connectivity index (χ1v) is 6.59. The highest BCUT2D eigenvalue weighted by Crippen LogP contribution is 2.07. The molecule has 108 valence electrons. The van der Waals surface area contributed by atoms with Crippen LogP contribution in [0.15, 0.2) is 35.8 Å². The second kappa shape index (κ2) is 7.05. The summed E-state index contributed by atoms with van der Waals surface area (Å²) in [6, 6.07) is 0. The van der Waals surface area contributed by atoms with Gasteiger partial charge >= 0.3 is 0 Å². The first-order chi connectivity index (χ1) is 9.38. The third-order valence-electron chi connectivity index (χ3n) is 2.54. The number of hydrogen-bond acceptors (Lipinski definition) is 4. The molecule has 1 heterocycles. The van der Waals surface area contributed by atoms with Crippen molar-refractivity contribution in [2.45, 2.75) is 33.4 Å². The summed E-state index contributed by atoms with van der Waals surface area (Å²) < 4.78 is 0. The SMILES string of the molecule is C/C=C\C(C)(N/C=C(\C)Cl)NC(=O)c1nccnc1C. The van der Waals surface area contributed by atoms with Gasteiger partial charge in [0.05, 0.1) is 5.69 Å². The normalized spacial score (nSPS) is 14.9. The van der Waals surface area contributed by atoms with Crippen molar-refractivity contribution in [1.82, 2.24) is 20.6 Å². The van der Waals surface area contributed by atoms with Crippen molar-refractivity contribution < 1.29 is 4.79 Å². The number of amides is 1. The molecule has 0 bridgehead atoms. The molecule has 1 rings (SSSR count). The molecule has 20 heavy (non-hydrogen) atoms. The van der Waals surface area contributed by atoms with Gasteiger partial charge in [-0.2, -0.15) is 0 Å². The van der Waals surface area contributed by atoms with Crippen molar-refractivity contribution in [2.75, 3.05) is 0 Å². The first-order valence-electron chi connectivity index (χ1n) is 6.22. The van der Waals surface area contributed by atoms with E-state index in [1.807, 2.05) is 26.0 Å². The summed E-state index contributed by atoms with van der Waals surface area (Å²) >= 11 is 5.80. The van der Waals surface area contributed by atoms with Crippen molar-refractivity contribution in [3.05, 3.63) is 47.2 Å². The van der Waals surface area contributed by atoms with Crippen molar-refractivity contribution >= 4 is 17.5 Å². The predicted octanol–water partition coefficient (Wildman–Crippen LogP) is 2.50. The van der Waals surface area contributed by atoms with Crippen LogP contribution in [-0.4, -0.2) is 21.5 Å². The molecule has 0 saturated carbocycles. The van der Waals surface area contributed by atoms with Gasteiger partial charge in [0.1, 0.15) is 11.4 Å². The number of rotatable bonds is 5. The zero-order chi connectivity index (χ0) is 15.2. The zero-order valence-corrected chi connectivity index (χ0v) is 12.8. The third kappa shape index (κ3) is 4.66. The van der Waals surface area contributed by atoms with E-state index in [9.17, 15) is 4.79 Å². The van der Waals surface area contributed by atoms with E-state index < -0.39 is 5.66 Å². The average Bonchev–Trinajstić information content (AvgIpc) is 2.37. The first kappa shape index (κ1) is 16.2. The molecular formula is C14H19ClN4O. The Morgan fingerprint density at radius 2 is 2.05 bits per heavy atom. The van der Waals surface area contributed by atoms with E-state index in [4.69, 9.17) is 11.6 Å². The number of aryl methyl sites for hydroxylation is 1. The van der Waals surface area contributed by atoms with Crippen LogP contribution in [0.4, 0.5) is 0 Å². The van der Waals surface area contributed by atoms with Gasteiger partial charge in [-0.1, -0.05) is 17.7 Å². The van der Waals surface area contributed by atoms with Gasteiger partial charge in [0.25, 0.3) is 5.91 Å². The van der Waals surface area contributed by atoms with E-state index in [0.717, 1.165) is 0 Å². The van der Waals surface area contributed by atoms with Gasteiger partial charge in [-0.05, 0) is 33.8 Å². The Morgan fingerprint density at radius 3 is 2.60 bits per heavy atom. The van der Waals surface area contributed by atoms with Crippen molar-refractivity contribution in [1.29, 1.82) is 0 Å². The molecule has 0 aliphatic heterocycles. The maximum Gasteiger partial charge on any atom is 0.273 e. The Kier molecular flexibility index (Phi) is 5.70. The van der Waals surface area contributed by atoms with Gasteiger partial charge < -0.3 is 10.6 Å². The summed E-state index contributed by atoms with van der Waals surface area (Å²) in [5.74, 6) is -0.302. The molecule has 0 fully saturated rings.